The van der Waals surface area contributed by atoms with E-state index in [1.54, 1.807) is 0 Å². The van der Waals surface area contributed by atoms with Gasteiger partial charge in [0.25, 0.3) is 0 Å². The van der Waals surface area contributed by atoms with Gasteiger partial charge >= 0.3 is 0 Å². The van der Waals surface area contributed by atoms with Gasteiger partial charge in [-0.05, 0) is 36.7 Å². The Hall–Kier alpha value is -1.11. The molecule has 1 aliphatic rings. The van der Waals surface area contributed by atoms with Gasteiger partial charge in [-0.2, -0.15) is 0 Å². The summed E-state index contributed by atoms with van der Waals surface area (Å²) in [5, 5.41) is 0. The lowest BCUT2D eigenvalue weighted by Gasteiger charge is -2.30. The van der Waals surface area contributed by atoms with Crippen LogP contribution in [0.4, 0.5) is 0 Å². The summed E-state index contributed by atoms with van der Waals surface area (Å²) in [5.74, 6) is 2.16. The summed E-state index contributed by atoms with van der Waals surface area (Å²) in [6.45, 7) is 4.55. The maximum atomic E-state index is 12.3. The number of hydrogen-bond donors (Lipinski definition) is 0. The molecule has 1 nitrogen and oxygen atoms in total. The van der Waals surface area contributed by atoms with Crippen LogP contribution in [-0.2, 0) is 11.2 Å². The second-order valence-electron chi connectivity index (χ2n) is 5.74. The highest BCUT2D eigenvalue weighted by molar-refractivity contribution is 5.83. The van der Waals surface area contributed by atoms with E-state index in [2.05, 4.69) is 13.8 Å². The van der Waals surface area contributed by atoms with Crippen molar-refractivity contribution >= 4 is 5.78 Å². The van der Waals surface area contributed by atoms with Crippen molar-refractivity contribution in [2.24, 2.45) is 17.8 Å². The minimum atomic E-state index is 0.300. The Kier molecular flexibility index (Phi) is 3.98. The lowest BCUT2D eigenvalue weighted by molar-refractivity contribution is -0.124. The molecular formula is C16H22O. The lowest BCUT2D eigenvalue weighted by Crippen LogP contribution is -2.27. The summed E-state index contributed by atoms with van der Waals surface area (Å²) in [7, 11) is 0. The fourth-order valence-electron chi connectivity index (χ4n) is 3.15. The SMILES string of the molecule is CC1CC(C)CC(C(=O)Cc2ccccc2)C1. The molecule has 0 bridgehead atoms. The monoisotopic (exact) mass is 230 g/mol. The molecule has 1 aromatic rings. The van der Waals surface area contributed by atoms with Crippen molar-refractivity contribution in [2.45, 2.75) is 39.5 Å². The number of carbonyl (C=O) groups excluding carboxylic acids is 1. The third kappa shape index (κ3) is 3.42. The van der Waals surface area contributed by atoms with E-state index in [0.29, 0.717) is 30.0 Å². The second-order valence-corrected chi connectivity index (χ2v) is 5.74. The van der Waals surface area contributed by atoms with E-state index < -0.39 is 0 Å². The topological polar surface area (TPSA) is 17.1 Å². The first kappa shape index (κ1) is 12.3. The van der Waals surface area contributed by atoms with Gasteiger partial charge in [-0.1, -0.05) is 44.2 Å². The van der Waals surface area contributed by atoms with Crippen LogP contribution in [0.3, 0.4) is 0 Å². The van der Waals surface area contributed by atoms with Gasteiger partial charge in [0.15, 0.2) is 0 Å². The average Bonchev–Trinajstić information content (AvgIpc) is 2.29. The van der Waals surface area contributed by atoms with Crippen LogP contribution >= 0.6 is 0 Å². The normalized spacial score (nSPS) is 28.9. The highest BCUT2D eigenvalue weighted by Crippen LogP contribution is 2.33. The first-order valence-corrected chi connectivity index (χ1v) is 6.71. The summed E-state index contributed by atoms with van der Waals surface area (Å²) in [6.07, 6.45) is 4.09. The zero-order valence-electron chi connectivity index (χ0n) is 10.9. The molecule has 0 spiro atoms. The molecule has 0 N–H and O–H groups in total. The fraction of sp³-hybridized carbons (Fsp3) is 0.562. The Morgan fingerprint density at radius 1 is 1.06 bits per heavy atom. The number of Topliss-reactive ketones (excluding diaryl/α,β-unsaturated/α-hetero) is 1. The molecule has 1 aliphatic carbocycles. The Morgan fingerprint density at radius 3 is 2.24 bits per heavy atom. The number of hydrogen-bond acceptors (Lipinski definition) is 1. The standard InChI is InChI=1S/C16H22O/c1-12-8-13(2)10-15(9-12)16(17)11-14-6-4-3-5-7-14/h3-7,12-13,15H,8-11H2,1-2H3. The highest BCUT2D eigenvalue weighted by atomic mass is 16.1. The molecule has 1 saturated carbocycles. The number of carbonyl (C=O) groups is 1. The predicted molar refractivity (Wildman–Crippen MR) is 70.8 cm³/mol. The molecule has 2 unspecified atom stereocenters. The van der Waals surface area contributed by atoms with E-state index in [4.69, 9.17) is 0 Å². The van der Waals surface area contributed by atoms with Crippen LogP contribution in [0.1, 0.15) is 38.7 Å². The van der Waals surface area contributed by atoms with Crippen LogP contribution in [0, 0.1) is 17.8 Å². The van der Waals surface area contributed by atoms with E-state index in [9.17, 15) is 4.79 Å². The van der Waals surface area contributed by atoms with Gasteiger partial charge in [0.1, 0.15) is 5.78 Å². The Morgan fingerprint density at radius 2 is 1.65 bits per heavy atom. The molecule has 2 atom stereocenters. The third-order valence-electron chi connectivity index (χ3n) is 3.86. The quantitative estimate of drug-likeness (QED) is 0.770. The highest BCUT2D eigenvalue weighted by Gasteiger charge is 2.28. The van der Waals surface area contributed by atoms with E-state index in [1.165, 1.54) is 6.42 Å². The molecule has 0 heterocycles. The third-order valence-corrected chi connectivity index (χ3v) is 3.86. The summed E-state index contributed by atoms with van der Waals surface area (Å²) in [5.41, 5.74) is 1.16. The molecule has 0 amide bonds. The van der Waals surface area contributed by atoms with Gasteiger partial charge in [-0.3, -0.25) is 4.79 Å². The van der Waals surface area contributed by atoms with Crippen LogP contribution in [0.25, 0.3) is 0 Å². The Bertz CT molecular complexity index is 358. The van der Waals surface area contributed by atoms with Gasteiger partial charge in [0.2, 0.25) is 0 Å². The van der Waals surface area contributed by atoms with Crippen LogP contribution < -0.4 is 0 Å². The largest absolute Gasteiger partial charge is 0.299 e. The second kappa shape index (κ2) is 5.48. The first-order valence-electron chi connectivity index (χ1n) is 6.71. The van der Waals surface area contributed by atoms with Gasteiger partial charge in [0.05, 0.1) is 0 Å². The molecule has 1 heteroatoms. The fourth-order valence-corrected chi connectivity index (χ4v) is 3.15. The van der Waals surface area contributed by atoms with E-state index in [-0.39, 0.29) is 0 Å². The molecule has 1 fully saturated rings. The maximum absolute atomic E-state index is 12.3. The predicted octanol–water partition coefficient (Wildman–Crippen LogP) is 3.87. The van der Waals surface area contributed by atoms with Crippen molar-refractivity contribution in [3.8, 4) is 0 Å². The van der Waals surface area contributed by atoms with Crippen molar-refractivity contribution in [1.29, 1.82) is 0 Å². The summed E-state index contributed by atoms with van der Waals surface area (Å²) < 4.78 is 0. The van der Waals surface area contributed by atoms with E-state index in [0.717, 1.165) is 18.4 Å². The number of rotatable bonds is 3. The summed E-state index contributed by atoms with van der Waals surface area (Å²) in [6, 6.07) is 10.1. The Labute approximate surface area is 104 Å². The maximum Gasteiger partial charge on any atom is 0.140 e. The first-order chi connectivity index (χ1) is 8.15. The molecule has 92 valence electrons. The zero-order valence-corrected chi connectivity index (χ0v) is 10.9. The minimum Gasteiger partial charge on any atom is -0.299 e. The van der Waals surface area contributed by atoms with Crippen LogP contribution in [0.5, 0.6) is 0 Å². The molecule has 1 aromatic carbocycles. The molecular weight excluding hydrogens is 208 g/mol. The van der Waals surface area contributed by atoms with Crippen LogP contribution in [-0.4, -0.2) is 5.78 Å². The van der Waals surface area contributed by atoms with Gasteiger partial charge in [-0.25, -0.2) is 0 Å². The van der Waals surface area contributed by atoms with Gasteiger partial charge < -0.3 is 0 Å². The van der Waals surface area contributed by atoms with Crippen molar-refractivity contribution in [3.05, 3.63) is 35.9 Å². The summed E-state index contributed by atoms with van der Waals surface area (Å²) in [4.78, 5) is 12.3. The summed E-state index contributed by atoms with van der Waals surface area (Å²) >= 11 is 0. The smallest absolute Gasteiger partial charge is 0.140 e. The average molecular weight is 230 g/mol. The minimum absolute atomic E-state index is 0.300. The van der Waals surface area contributed by atoms with E-state index in [1.807, 2.05) is 30.3 Å². The molecule has 0 aromatic heterocycles. The van der Waals surface area contributed by atoms with Crippen LogP contribution in [0.2, 0.25) is 0 Å². The van der Waals surface area contributed by atoms with Crippen molar-refractivity contribution in [3.63, 3.8) is 0 Å². The molecule has 17 heavy (non-hydrogen) atoms. The molecule has 2 rings (SSSR count). The molecule has 0 radical (unpaired) electrons. The molecule has 0 saturated heterocycles. The van der Waals surface area contributed by atoms with Gasteiger partial charge in [-0.15, -0.1) is 0 Å². The van der Waals surface area contributed by atoms with Crippen LogP contribution in [0.15, 0.2) is 30.3 Å². The van der Waals surface area contributed by atoms with Crippen molar-refractivity contribution < 1.29 is 4.79 Å². The number of ketones is 1. The van der Waals surface area contributed by atoms with E-state index >= 15 is 0 Å². The molecule has 0 aliphatic heterocycles. The number of benzene rings is 1. The van der Waals surface area contributed by atoms with Gasteiger partial charge in [0, 0.05) is 12.3 Å². The Balaban J connectivity index is 1.96. The van der Waals surface area contributed by atoms with Crippen molar-refractivity contribution in [1.82, 2.24) is 0 Å². The van der Waals surface area contributed by atoms with Crippen molar-refractivity contribution in [2.75, 3.05) is 0 Å². The lowest BCUT2D eigenvalue weighted by atomic mass is 9.74. The zero-order chi connectivity index (χ0) is 12.3.